The van der Waals surface area contributed by atoms with E-state index in [1.54, 1.807) is 10.7 Å². The number of likely N-dealkylation sites (tertiary alicyclic amines) is 1. The molecular weight excluding hydrogens is 408 g/mol. The summed E-state index contributed by atoms with van der Waals surface area (Å²) in [4.78, 5) is 15.0. The molecule has 168 valence electrons. The Morgan fingerprint density at radius 1 is 1.19 bits per heavy atom. The standard InChI is InChI=1S/C23H34N6OS/c1-23(2,3)20-7-8-21(26-25-20)24-15-18-6-4-5-10-28(18)11-12-29-22(30)14-17-16-31-13-9-19(17)27-29/h7-8,14,18H,4-6,9-13,15-16H2,1-3H3,(H,24,26). The fourth-order valence-corrected chi connectivity index (χ4v) is 5.22. The summed E-state index contributed by atoms with van der Waals surface area (Å²) in [6.07, 6.45) is 4.57. The SMILES string of the molecule is CC(C)(C)c1ccc(NCC2CCCCN2CCn2nc3c(cc2=O)CSCC3)nn1. The van der Waals surface area contributed by atoms with Gasteiger partial charge in [-0.1, -0.05) is 27.2 Å². The third kappa shape index (κ3) is 5.66. The van der Waals surface area contributed by atoms with E-state index >= 15 is 0 Å². The van der Waals surface area contributed by atoms with E-state index in [9.17, 15) is 4.79 Å². The molecule has 2 aromatic rings. The average Bonchev–Trinajstić information content (AvgIpc) is 2.76. The van der Waals surface area contributed by atoms with Crippen LogP contribution in [0.15, 0.2) is 23.0 Å². The molecule has 2 aliphatic heterocycles. The predicted molar refractivity (Wildman–Crippen MR) is 127 cm³/mol. The Kier molecular flexibility index (Phi) is 6.96. The van der Waals surface area contributed by atoms with Gasteiger partial charge in [-0.25, -0.2) is 4.68 Å². The summed E-state index contributed by atoms with van der Waals surface area (Å²) in [6, 6.07) is 6.31. The Morgan fingerprint density at radius 3 is 2.84 bits per heavy atom. The molecular formula is C23H34N6OS. The number of thioether (sulfide) groups is 1. The lowest BCUT2D eigenvalue weighted by molar-refractivity contribution is 0.147. The van der Waals surface area contributed by atoms with Crippen molar-refractivity contribution in [2.75, 3.05) is 30.7 Å². The first-order valence-electron chi connectivity index (χ1n) is 11.4. The van der Waals surface area contributed by atoms with Crippen molar-refractivity contribution in [1.82, 2.24) is 24.9 Å². The molecule has 1 unspecified atom stereocenters. The van der Waals surface area contributed by atoms with E-state index < -0.39 is 0 Å². The summed E-state index contributed by atoms with van der Waals surface area (Å²) in [5.74, 6) is 2.83. The van der Waals surface area contributed by atoms with Crippen molar-refractivity contribution in [3.63, 3.8) is 0 Å². The first-order valence-corrected chi connectivity index (χ1v) is 12.6. The lowest BCUT2D eigenvalue weighted by Gasteiger charge is -2.36. The maximum absolute atomic E-state index is 12.5. The molecule has 2 aliphatic rings. The number of nitrogens with zero attached hydrogens (tertiary/aromatic N) is 5. The van der Waals surface area contributed by atoms with E-state index in [4.69, 9.17) is 0 Å². The highest BCUT2D eigenvalue weighted by Crippen LogP contribution is 2.22. The molecule has 4 rings (SSSR count). The van der Waals surface area contributed by atoms with E-state index in [1.165, 1.54) is 12.8 Å². The van der Waals surface area contributed by atoms with Crippen molar-refractivity contribution in [3.8, 4) is 0 Å². The Bertz CT molecular complexity index is 937. The average molecular weight is 443 g/mol. The van der Waals surface area contributed by atoms with Crippen LogP contribution in [0.3, 0.4) is 0 Å². The highest BCUT2D eigenvalue weighted by molar-refractivity contribution is 7.98. The van der Waals surface area contributed by atoms with Crippen molar-refractivity contribution in [3.05, 3.63) is 45.5 Å². The summed E-state index contributed by atoms with van der Waals surface area (Å²) in [7, 11) is 0. The quantitative estimate of drug-likeness (QED) is 0.737. The highest BCUT2D eigenvalue weighted by Gasteiger charge is 2.23. The van der Waals surface area contributed by atoms with Crippen LogP contribution in [0.25, 0.3) is 0 Å². The second kappa shape index (κ2) is 9.69. The number of hydrogen-bond donors (Lipinski definition) is 1. The minimum Gasteiger partial charge on any atom is -0.367 e. The summed E-state index contributed by atoms with van der Waals surface area (Å²) in [6.45, 7) is 9.84. The fraction of sp³-hybridized carbons (Fsp3) is 0.652. The van der Waals surface area contributed by atoms with Gasteiger partial charge in [0.15, 0.2) is 0 Å². The van der Waals surface area contributed by atoms with Gasteiger partial charge in [-0.3, -0.25) is 9.69 Å². The van der Waals surface area contributed by atoms with Crippen LogP contribution < -0.4 is 10.9 Å². The lowest BCUT2D eigenvalue weighted by atomic mass is 9.92. The number of fused-ring (bicyclic) bond motifs is 1. The third-order valence-electron chi connectivity index (χ3n) is 6.20. The second-order valence-corrected chi connectivity index (χ2v) is 10.7. The van der Waals surface area contributed by atoms with Gasteiger partial charge in [0, 0.05) is 42.8 Å². The Morgan fingerprint density at radius 2 is 2.06 bits per heavy atom. The molecule has 1 N–H and O–H groups in total. The molecule has 0 amide bonds. The van der Waals surface area contributed by atoms with Crippen LogP contribution in [-0.2, 0) is 24.1 Å². The zero-order chi connectivity index (χ0) is 21.8. The van der Waals surface area contributed by atoms with Gasteiger partial charge in [-0.05, 0) is 42.8 Å². The smallest absolute Gasteiger partial charge is 0.267 e. The zero-order valence-corrected chi connectivity index (χ0v) is 19.7. The molecule has 31 heavy (non-hydrogen) atoms. The summed E-state index contributed by atoms with van der Waals surface area (Å²) in [5, 5.41) is 16.9. The maximum Gasteiger partial charge on any atom is 0.267 e. The van der Waals surface area contributed by atoms with Crippen molar-refractivity contribution in [1.29, 1.82) is 0 Å². The molecule has 1 atom stereocenters. The first kappa shape index (κ1) is 22.3. The van der Waals surface area contributed by atoms with Crippen molar-refractivity contribution >= 4 is 17.6 Å². The maximum atomic E-state index is 12.5. The van der Waals surface area contributed by atoms with Crippen LogP contribution in [0.4, 0.5) is 5.82 Å². The van der Waals surface area contributed by atoms with Crippen LogP contribution in [0.5, 0.6) is 0 Å². The van der Waals surface area contributed by atoms with Gasteiger partial charge in [0.1, 0.15) is 5.82 Å². The number of aromatic nitrogens is 4. The summed E-state index contributed by atoms with van der Waals surface area (Å²) < 4.78 is 1.67. The Hall–Kier alpha value is -1.93. The van der Waals surface area contributed by atoms with Gasteiger partial charge in [-0.2, -0.15) is 22.0 Å². The van der Waals surface area contributed by atoms with Gasteiger partial charge in [-0.15, -0.1) is 5.10 Å². The minimum absolute atomic E-state index is 0.00728. The number of rotatable bonds is 6. The normalized spacial score (nSPS) is 19.8. The van der Waals surface area contributed by atoms with E-state index in [0.717, 1.165) is 66.8 Å². The zero-order valence-electron chi connectivity index (χ0n) is 18.9. The number of nitrogens with one attached hydrogen (secondary N) is 1. The van der Waals surface area contributed by atoms with Gasteiger partial charge in [0.25, 0.3) is 5.56 Å². The van der Waals surface area contributed by atoms with Crippen LogP contribution >= 0.6 is 11.8 Å². The molecule has 1 fully saturated rings. The molecule has 0 saturated carbocycles. The number of aryl methyl sites for hydroxylation is 1. The van der Waals surface area contributed by atoms with E-state index in [0.29, 0.717) is 12.6 Å². The molecule has 0 bridgehead atoms. The highest BCUT2D eigenvalue weighted by atomic mass is 32.2. The van der Waals surface area contributed by atoms with Crippen molar-refractivity contribution in [2.24, 2.45) is 0 Å². The molecule has 0 radical (unpaired) electrons. The van der Waals surface area contributed by atoms with Crippen molar-refractivity contribution < 1.29 is 0 Å². The topological polar surface area (TPSA) is 75.9 Å². The molecule has 8 heteroatoms. The Labute approximate surface area is 189 Å². The third-order valence-corrected chi connectivity index (χ3v) is 7.21. The summed E-state index contributed by atoms with van der Waals surface area (Å²) in [5.41, 5.74) is 3.26. The van der Waals surface area contributed by atoms with Gasteiger partial charge < -0.3 is 5.32 Å². The number of anilines is 1. The predicted octanol–water partition coefficient (Wildman–Crippen LogP) is 3.09. The van der Waals surface area contributed by atoms with Crippen molar-refractivity contribution in [2.45, 2.75) is 70.2 Å². The molecule has 7 nitrogen and oxygen atoms in total. The number of piperidine rings is 1. The lowest BCUT2D eigenvalue weighted by Crippen LogP contribution is -2.45. The minimum atomic E-state index is 0.00728. The summed E-state index contributed by atoms with van der Waals surface area (Å²) >= 11 is 1.88. The molecule has 2 aromatic heterocycles. The van der Waals surface area contributed by atoms with Gasteiger partial charge in [0.05, 0.1) is 17.9 Å². The molecule has 1 saturated heterocycles. The fourth-order valence-electron chi connectivity index (χ4n) is 4.27. The van der Waals surface area contributed by atoms with Crippen LogP contribution in [0.1, 0.15) is 57.0 Å². The molecule has 0 spiro atoms. The van der Waals surface area contributed by atoms with Gasteiger partial charge >= 0.3 is 0 Å². The van der Waals surface area contributed by atoms with Crippen LogP contribution in [0.2, 0.25) is 0 Å². The number of hydrogen-bond acceptors (Lipinski definition) is 7. The monoisotopic (exact) mass is 442 g/mol. The van der Waals surface area contributed by atoms with Gasteiger partial charge in [0.2, 0.25) is 0 Å². The van der Waals surface area contributed by atoms with Crippen LogP contribution in [0, 0.1) is 0 Å². The first-order chi connectivity index (χ1) is 14.9. The molecule has 4 heterocycles. The largest absolute Gasteiger partial charge is 0.367 e. The second-order valence-electron chi connectivity index (χ2n) is 9.60. The van der Waals surface area contributed by atoms with E-state index in [2.05, 4.69) is 52.4 Å². The molecule has 0 aromatic carbocycles. The van der Waals surface area contributed by atoms with E-state index in [1.807, 2.05) is 17.8 Å². The van der Waals surface area contributed by atoms with Crippen LogP contribution in [-0.4, -0.2) is 56.3 Å². The van der Waals surface area contributed by atoms with E-state index in [-0.39, 0.29) is 11.0 Å². The molecule has 0 aliphatic carbocycles. The Balaban J connectivity index is 1.35.